The first-order valence-electron chi connectivity index (χ1n) is 35.6. The summed E-state index contributed by atoms with van der Waals surface area (Å²) in [5.41, 5.74) is 0. The summed E-state index contributed by atoms with van der Waals surface area (Å²) >= 11 is 0. The largest absolute Gasteiger partial charge is 0.465 e. The van der Waals surface area contributed by atoms with Gasteiger partial charge >= 0.3 is 35.8 Å². The Morgan fingerprint density at radius 3 is 0.810 bits per heavy atom. The number of rotatable bonds is 46. The summed E-state index contributed by atoms with van der Waals surface area (Å²) < 4.78 is 35.1. The molecule has 0 atom stereocenters. The van der Waals surface area contributed by atoms with E-state index in [9.17, 15) is 28.8 Å². The van der Waals surface area contributed by atoms with Gasteiger partial charge in [0.2, 0.25) is 0 Å². The Morgan fingerprint density at radius 1 is 0.298 bits per heavy atom. The lowest BCUT2D eigenvalue weighted by Crippen LogP contribution is -2.31. The van der Waals surface area contributed by atoms with E-state index >= 15 is 0 Å². The van der Waals surface area contributed by atoms with Crippen molar-refractivity contribution in [1.29, 1.82) is 0 Å². The highest BCUT2D eigenvalue weighted by Gasteiger charge is 2.33. The van der Waals surface area contributed by atoms with Crippen LogP contribution in [0.1, 0.15) is 298 Å². The molecule has 0 aromatic heterocycles. The first-order valence-corrected chi connectivity index (χ1v) is 35.6. The van der Waals surface area contributed by atoms with Gasteiger partial charge in [0.05, 0.1) is 35.5 Å². The van der Waals surface area contributed by atoms with Crippen molar-refractivity contribution in [2.24, 2.45) is 59.2 Å². The second-order valence-corrected chi connectivity index (χ2v) is 26.9. The topological polar surface area (TPSA) is 161 Å². The normalized spacial score (nSPS) is 23.5. The van der Waals surface area contributed by atoms with E-state index in [4.69, 9.17) is 28.4 Å². The van der Waals surface area contributed by atoms with Crippen LogP contribution < -0.4 is 0 Å². The average molecular weight is 1180 g/mol. The van der Waals surface area contributed by atoms with Gasteiger partial charge in [-0.05, 0) is 178 Å². The minimum atomic E-state index is -0.414. The fourth-order valence-electron chi connectivity index (χ4n) is 13.8. The van der Waals surface area contributed by atoms with Gasteiger partial charge in [-0.1, -0.05) is 150 Å². The molecule has 0 N–H and O–H groups in total. The molecule has 0 saturated heterocycles. The van der Waals surface area contributed by atoms with Gasteiger partial charge in [0, 0.05) is 12.8 Å². The Kier molecular flexibility index (Phi) is 40.1. The molecule has 13 heteroatoms. The molecule has 0 aromatic carbocycles. The van der Waals surface area contributed by atoms with Crippen molar-refractivity contribution in [2.75, 3.05) is 59.3 Å². The summed E-state index contributed by atoms with van der Waals surface area (Å²) in [7, 11) is 0. The maximum atomic E-state index is 13.3. The molecule has 4 rings (SSSR count). The molecule has 13 nitrogen and oxygen atoms in total. The van der Waals surface area contributed by atoms with Gasteiger partial charge in [-0.3, -0.25) is 28.8 Å². The number of carbonyl (C=O) groups is 6. The summed E-state index contributed by atoms with van der Waals surface area (Å²) in [6.07, 6.45) is 42.0. The minimum absolute atomic E-state index is 0.0462. The molecule has 4 aliphatic carbocycles. The van der Waals surface area contributed by atoms with E-state index in [2.05, 4.69) is 39.5 Å². The van der Waals surface area contributed by atoms with E-state index in [-0.39, 0.29) is 99.1 Å². The molecule has 0 heterocycles. The van der Waals surface area contributed by atoms with Crippen molar-refractivity contribution in [1.82, 2.24) is 4.90 Å². The van der Waals surface area contributed by atoms with E-state index < -0.39 is 11.8 Å². The predicted molar refractivity (Wildman–Crippen MR) is 335 cm³/mol. The molecular weight excluding hydrogens is 1060 g/mol. The molecule has 0 aliphatic heterocycles. The Labute approximate surface area is 512 Å². The van der Waals surface area contributed by atoms with Crippen LogP contribution in [0.5, 0.6) is 0 Å². The molecule has 4 aliphatic rings. The zero-order valence-electron chi connectivity index (χ0n) is 54.5. The number of hydrogen-bond donors (Lipinski definition) is 0. The Morgan fingerprint density at radius 2 is 0.560 bits per heavy atom. The fraction of sp³-hybridized carbons (Fsp3) is 0.915. The number of carbonyl (C=O) groups excluding carboxylic acids is 6. The monoisotopic (exact) mass is 1180 g/mol. The van der Waals surface area contributed by atoms with Gasteiger partial charge in [0.1, 0.15) is 39.6 Å². The zero-order valence-corrected chi connectivity index (χ0v) is 54.5. The molecule has 486 valence electrons. The molecular formula is C71H125NO12. The maximum absolute atomic E-state index is 13.3. The van der Waals surface area contributed by atoms with Gasteiger partial charge in [-0.15, -0.1) is 0 Å². The van der Waals surface area contributed by atoms with Crippen LogP contribution in [0, 0.1) is 59.2 Å². The Bertz CT molecular complexity index is 1530. The van der Waals surface area contributed by atoms with E-state index in [1.807, 2.05) is 0 Å². The summed E-state index contributed by atoms with van der Waals surface area (Å²) in [6, 6.07) is 0. The second kappa shape index (κ2) is 46.0. The third-order valence-corrected chi connectivity index (χ3v) is 19.6. The van der Waals surface area contributed by atoms with Crippen LogP contribution >= 0.6 is 0 Å². The molecule has 0 amide bonds. The minimum Gasteiger partial charge on any atom is -0.465 e. The highest BCUT2D eigenvalue weighted by atomic mass is 16.6. The van der Waals surface area contributed by atoms with Gasteiger partial charge in [-0.2, -0.15) is 0 Å². The SMILES string of the molecule is CCCCCC1CCC(C(=O)OCC(COC(=O)CCCCCN(CCC)CCCCCC(=O)OCC(COC(=O)C2CCC(CCCCC)CC2)COC(=O)C2CCC(CCCCC)CC2)COC(=O)C2CCC(CCCCC)CC2)CC1. The average Bonchev–Trinajstić information content (AvgIpc) is 3.63. The first-order chi connectivity index (χ1) is 40.9. The first kappa shape index (κ1) is 73.3. The summed E-state index contributed by atoms with van der Waals surface area (Å²) in [5.74, 6) is 0.250. The molecule has 4 fully saturated rings. The number of nitrogens with zero attached hydrogens (tertiary/aromatic N) is 1. The standard InChI is InChI=1S/C71H125NO12/c1-6-11-17-25-56-31-39-62(40-32-56)68(75)81-52-60(53-82-69(76)63-41-33-57(34-42-63)26-18-12-7-2)50-79-66(73)29-21-15-23-48-72(47-10-5)49-24-16-22-30-67(74)80-51-61(54-83-70(77)64-43-35-58(36-44-64)27-19-13-8-3)55-84-71(78)65-45-37-59(38-46-65)28-20-14-9-4/h56-65H,6-55H2,1-5H3. The van der Waals surface area contributed by atoms with Crippen LogP contribution in [0.4, 0.5) is 0 Å². The Balaban J connectivity index is 1.13. The molecule has 84 heavy (non-hydrogen) atoms. The quantitative estimate of drug-likeness (QED) is 0.0322. The van der Waals surface area contributed by atoms with Crippen LogP contribution in [-0.4, -0.2) is 100.0 Å². The summed E-state index contributed by atoms with van der Waals surface area (Å²) in [4.78, 5) is 81.7. The second-order valence-electron chi connectivity index (χ2n) is 26.9. The molecule has 0 aromatic rings. The van der Waals surface area contributed by atoms with Crippen molar-refractivity contribution in [3.8, 4) is 0 Å². The number of hydrogen-bond acceptors (Lipinski definition) is 13. The van der Waals surface area contributed by atoms with Gasteiger partial charge < -0.3 is 33.3 Å². The van der Waals surface area contributed by atoms with Crippen molar-refractivity contribution in [2.45, 2.75) is 298 Å². The zero-order chi connectivity index (χ0) is 60.4. The van der Waals surface area contributed by atoms with E-state index in [0.29, 0.717) is 49.4 Å². The smallest absolute Gasteiger partial charge is 0.308 e. The highest BCUT2D eigenvalue weighted by Crippen LogP contribution is 2.36. The lowest BCUT2D eigenvalue weighted by molar-refractivity contribution is -0.161. The number of unbranched alkanes of at least 4 members (excludes halogenated alkanes) is 12. The van der Waals surface area contributed by atoms with Crippen LogP contribution in [0.15, 0.2) is 0 Å². The van der Waals surface area contributed by atoms with Crippen LogP contribution in [-0.2, 0) is 57.2 Å². The van der Waals surface area contributed by atoms with Gasteiger partial charge in [0.15, 0.2) is 0 Å². The van der Waals surface area contributed by atoms with Crippen molar-refractivity contribution in [3.63, 3.8) is 0 Å². The highest BCUT2D eigenvalue weighted by molar-refractivity contribution is 5.74. The number of ether oxygens (including phenoxy) is 6. The van der Waals surface area contributed by atoms with E-state index in [1.54, 1.807) is 0 Å². The van der Waals surface area contributed by atoms with E-state index in [1.165, 1.54) is 103 Å². The summed E-state index contributed by atoms with van der Waals surface area (Å²) in [5, 5.41) is 0. The predicted octanol–water partition coefficient (Wildman–Crippen LogP) is 16.9. The van der Waals surface area contributed by atoms with Crippen molar-refractivity contribution < 1.29 is 57.2 Å². The Hall–Kier alpha value is -3.22. The van der Waals surface area contributed by atoms with Crippen LogP contribution in [0.3, 0.4) is 0 Å². The van der Waals surface area contributed by atoms with E-state index in [0.717, 1.165) is 154 Å². The van der Waals surface area contributed by atoms with Crippen LogP contribution in [0.25, 0.3) is 0 Å². The van der Waals surface area contributed by atoms with Crippen LogP contribution in [0.2, 0.25) is 0 Å². The molecule has 0 spiro atoms. The molecule has 0 unspecified atom stereocenters. The third-order valence-electron chi connectivity index (χ3n) is 19.6. The third kappa shape index (κ3) is 32.1. The number of esters is 6. The maximum Gasteiger partial charge on any atom is 0.308 e. The lowest BCUT2D eigenvalue weighted by atomic mass is 9.80. The van der Waals surface area contributed by atoms with Crippen molar-refractivity contribution in [3.05, 3.63) is 0 Å². The fourth-order valence-corrected chi connectivity index (χ4v) is 13.8. The molecule has 0 radical (unpaired) electrons. The lowest BCUT2D eigenvalue weighted by Gasteiger charge is -2.28. The van der Waals surface area contributed by atoms with Gasteiger partial charge in [-0.25, -0.2) is 0 Å². The van der Waals surface area contributed by atoms with Gasteiger partial charge in [0.25, 0.3) is 0 Å². The molecule has 4 saturated carbocycles. The molecule has 0 bridgehead atoms. The summed E-state index contributed by atoms with van der Waals surface area (Å²) in [6.45, 7) is 14.3. The van der Waals surface area contributed by atoms with Crippen molar-refractivity contribution >= 4 is 35.8 Å².